The molecule has 0 saturated heterocycles. The van der Waals surface area contributed by atoms with Gasteiger partial charge in [0.05, 0.1) is 0 Å². The molecule has 0 saturated carbocycles. The summed E-state index contributed by atoms with van der Waals surface area (Å²) in [5, 5.41) is 8.24. The molecule has 0 aromatic heterocycles. The molecular weight excluding hydrogens is 232 g/mol. The van der Waals surface area contributed by atoms with Gasteiger partial charge in [-0.05, 0) is 12.0 Å². The predicted octanol–water partition coefficient (Wildman–Crippen LogP) is 0.331. The molecule has 0 atom stereocenters. The Kier molecular flexibility index (Phi) is 4.27. The molecule has 0 radical (unpaired) electrons. The summed E-state index contributed by atoms with van der Waals surface area (Å²) in [5.41, 5.74) is 0.973. The third-order valence-electron chi connectivity index (χ3n) is 1.77. The van der Waals surface area contributed by atoms with E-state index < -0.39 is 16.3 Å². The Balaban J connectivity index is 2.39. The maximum atomic E-state index is 11.0. The monoisotopic (exact) mass is 244 g/mol. The molecule has 16 heavy (non-hydrogen) atoms. The minimum atomic E-state index is -3.95. The quantitative estimate of drug-likeness (QED) is 0.695. The third kappa shape index (κ3) is 4.76. The van der Waals surface area contributed by atoms with Gasteiger partial charge in [0.1, 0.15) is 0 Å². The van der Waals surface area contributed by atoms with Crippen molar-refractivity contribution in [1.82, 2.24) is 9.44 Å². The van der Waals surface area contributed by atoms with Gasteiger partial charge in [0.2, 0.25) is 0 Å². The SMILES string of the molecule is O=C(O)NS(=O)(=O)NCCc1ccccc1. The van der Waals surface area contributed by atoms with Crippen molar-refractivity contribution in [2.75, 3.05) is 6.54 Å². The fraction of sp³-hybridized carbons (Fsp3) is 0.222. The van der Waals surface area contributed by atoms with E-state index in [-0.39, 0.29) is 6.54 Å². The minimum absolute atomic E-state index is 0.145. The van der Waals surface area contributed by atoms with Crippen LogP contribution in [0.1, 0.15) is 5.56 Å². The highest BCUT2D eigenvalue weighted by atomic mass is 32.2. The van der Waals surface area contributed by atoms with Crippen LogP contribution in [-0.2, 0) is 16.6 Å². The molecule has 1 aromatic rings. The first-order valence-corrected chi connectivity index (χ1v) is 6.02. The Labute approximate surface area is 93.5 Å². The fourth-order valence-electron chi connectivity index (χ4n) is 1.13. The lowest BCUT2D eigenvalue weighted by Crippen LogP contribution is -2.40. The standard InChI is InChI=1S/C9H12N2O4S/c12-9(13)11-16(14,15)10-7-6-8-4-2-1-3-5-8/h1-5,10-11H,6-7H2,(H,12,13). The molecule has 0 bridgehead atoms. The van der Waals surface area contributed by atoms with Gasteiger partial charge >= 0.3 is 16.3 Å². The first kappa shape index (κ1) is 12.5. The average molecular weight is 244 g/mol. The van der Waals surface area contributed by atoms with Gasteiger partial charge in [0, 0.05) is 6.54 Å². The second kappa shape index (κ2) is 5.47. The Morgan fingerprint density at radius 2 is 1.88 bits per heavy atom. The highest BCUT2D eigenvalue weighted by Crippen LogP contribution is 1.98. The molecule has 3 N–H and O–H groups in total. The Bertz CT molecular complexity index is 444. The van der Waals surface area contributed by atoms with E-state index in [9.17, 15) is 13.2 Å². The van der Waals surface area contributed by atoms with Gasteiger partial charge in [0.25, 0.3) is 0 Å². The van der Waals surface area contributed by atoms with Crippen LogP contribution in [0.15, 0.2) is 30.3 Å². The Hall–Kier alpha value is -1.60. The number of hydrogen-bond acceptors (Lipinski definition) is 3. The lowest BCUT2D eigenvalue weighted by molar-refractivity contribution is 0.201. The maximum absolute atomic E-state index is 11.0. The van der Waals surface area contributed by atoms with E-state index >= 15 is 0 Å². The van der Waals surface area contributed by atoms with Crippen molar-refractivity contribution in [2.24, 2.45) is 0 Å². The first-order chi connectivity index (χ1) is 7.49. The Morgan fingerprint density at radius 1 is 1.25 bits per heavy atom. The summed E-state index contributed by atoms with van der Waals surface area (Å²) in [6, 6.07) is 9.27. The van der Waals surface area contributed by atoms with Crippen LogP contribution < -0.4 is 9.44 Å². The molecule has 0 heterocycles. The first-order valence-electron chi connectivity index (χ1n) is 4.54. The van der Waals surface area contributed by atoms with Crippen LogP contribution in [0.5, 0.6) is 0 Å². The largest absolute Gasteiger partial charge is 0.464 e. The molecule has 88 valence electrons. The molecule has 6 nitrogen and oxygen atoms in total. The van der Waals surface area contributed by atoms with Crippen molar-refractivity contribution in [3.63, 3.8) is 0 Å². The number of rotatable bonds is 5. The molecule has 0 aliphatic heterocycles. The van der Waals surface area contributed by atoms with Crippen molar-refractivity contribution in [3.05, 3.63) is 35.9 Å². The zero-order valence-corrected chi connectivity index (χ0v) is 9.20. The minimum Gasteiger partial charge on any atom is -0.464 e. The predicted molar refractivity (Wildman–Crippen MR) is 58.2 cm³/mol. The summed E-state index contributed by atoms with van der Waals surface area (Å²) in [6.07, 6.45) is -1.10. The molecule has 1 aromatic carbocycles. The van der Waals surface area contributed by atoms with Crippen LogP contribution >= 0.6 is 0 Å². The molecular formula is C9H12N2O4S. The molecule has 0 spiro atoms. The van der Waals surface area contributed by atoms with Crippen LogP contribution in [0.2, 0.25) is 0 Å². The number of hydrogen-bond donors (Lipinski definition) is 3. The van der Waals surface area contributed by atoms with Crippen molar-refractivity contribution >= 4 is 16.3 Å². The van der Waals surface area contributed by atoms with Gasteiger partial charge in [0.15, 0.2) is 0 Å². The zero-order chi connectivity index (χ0) is 12.0. The van der Waals surface area contributed by atoms with Crippen LogP contribution in [0.25, 0.3) is 0 Å². The van der Waals surface area contributed by atoms with E-state index in [0.29, 0.717) is 6.42 Å². The van der Waals surface area contributed by atoms with Gasteiger partial charge in [-0.25, -0.2) is 9.52 Å². The molecule has 1 amide bonds. The summed E-state index contributed by atoms with van der Waals surface area (Å²) in [7, 11) is -3.95. The molecule has 0 aliphatic carbocycles. The average Bonchev–Trinajstić information content (AvgIpc) is 2.16. The highest BCUT2D eigenvalue weighted by molar-refractivity contribution is 7.88. The lowest BCUT2D eigenvalue weighted by atomic mass is 10.2. The number of benzene rings is 1. The third-order valence-corrected chi connectivity index (χ3v) is 2.80. The van der Waals surface area contributed by atoms with Gasteiger partial charge in [-0.1, -0.05) is 30.3 Å². The molecule has 0 unspecified atom stereocenters. The number of amides is 1. The van der Waals surface area contributed by atoms with Crippen molar-refractivity contribution < 1.29 is 18.3 Å². The van der Waals surface area contributed by atoms with E-state index in [1.807, 2.05) is 30.3 Å². The second-order valence-electron chi connectivity index (χ2n) is 3.04. The molecule has 1 rings (SSSR count). The normalized spacial score (nSPS) is 11.0. The van der Waals surface area contributed by atoms with E-state index in [0.717, 1.165) is 5.56 Å². The van der Waals surface area contributed by atoms with E-state index in [1.54, 1.807) is 0 Å². The molecule has 7 heteroatoms. The van der Waals surface area contributed by atoms with Crippen molar-refractivity contribution in [1.29, 1.82) is 0 Å². The topological polar surface area (TPSA) is 95.5 Å². The fourth-order valence-corrected chi connectivity index (χ4v) is 1.80. The van der Waals surface area contributed by atoms with E-state index in [2.05, 4.69) is 4.72 Å². The van der Waals surface area contributed by atoms with Crippen LogP contribution in [0.4, 0.5) is 4.79 Å². The smallest absolute Gasteiger partial charge is 0.419 e. The van der Waals surface area contributed by atoms with Gasteiger partial charge in [-0.15, -0.1) is 0 Å². The van der Waals surface area contributed by atoms with Crippen LogP contribution in [0, 0.1) is 0 Å². The van der Waals surface area contributed by atoms with Gasteiger partial charge in [-0.2, -0.15) is 13.1 Å². The lowest BCUT2D eigenvalue weighted by Gasteiger charge is -2.05. The number of carboxylic acid groups (broad SMARTS) is 1. The van der Waals surface area contributed by atoms with Gasteiger partial charge < -0.3 is 5.11 Å². The Morgan fingerprint density at radius 3 is 2.44 bits per heavy atom. The summed E-state index contributed by atoms with van der Waals surface area (Å²) >= 11 is 0. The summed E-state index contributed by atoms with van der Waals surface area (Å²) in [6.45, 7) is 0.145. The summed E-state index contributed by atoms with van der Waals surface area (Å²) in [4.78, 5) is 10.1. The second-order valence-corrected chi connectivity index (χ2v) is 4.54. The van der Waals surface area contributed by atoms with Crippen molar-refractivity contribution in [2.45, 2.75) is 6.42 Å². The highest BCUT2D eigenvalue weighted by Gasteiger charge is 2.11. The van der Waals surface area contributed by atoms with Crippen LogP contribution in [-0.4, -0.2) is 26.2 Å². The van der Waals surface area contributed by atoms with Gasteiger partial charge in [-0.3, -0.25) is 0 Å². The molecule has 0 fully saturated rings. The maximum Gasteiger partial charge on any atom is 0.419 e. The van der Waals surface area contributed by atoms with Crippen molar-refractivity contribution in [3.8, 4) is 0 Å². The zero-order valence-electron chi connectivity index (χ0n) is 8.38. The number of nitrogens with one attached hydrogen (secondary N) is 2. The molecule has 0 aliphatic rings. The van der Waals surface area contributed by atoms with Crippen LogP contribution in [0.3, 0.4) is 0 Å². The summed E-state index contributed by atoms with van der Waals surface area (Å²) in [5.74, 6) is 0. The van der Waals surface area contributed by atoms with E-state index in [1.165, 1.54) is 4.72 Å². The summed E-state index contributed by atoms with van der Waals surface area (Å²) < 4.78 is 25.6. The van der Waals surface area contributed by atoms with E-state index in [4.69, 9.17) is 5.11 Å². The number of carbonyl (C=O) groups is 1.